The first-order chi connectivity index (χ1) is 14.4. The van der Waals surface area contributed by atoms with Crippen LogP contribution in [0, 0.1) is 17.1 Å². The Labute approximate surface area is 170 Å². The van der Waals surface area contributed by atoms with Crippen molar-refractivity contribution in [1.29, 1.82) is 5.26 Å². The van der Waals surface area contributed by atoms with E-state index in [-0.39, 0.29) is 30.0 Å². The fourth-order valence-electron chi connectivity index (χ4n) is 3.59. The number of urea groups is 1. The lowest BCUT2D eigenvalue weighted by Gasteiger charge is -2.27. The van der Waals surface area contributed by atoms with Gasteiger partial charge in [-0.3, -0.25) is 14.3 Å². The molecule has 3 amide bonds. The zero-order valence-electron chi connectivity index (χ0n) is 16.1. The van der Waals surface area contributed by atoms with Crippen LogP contribution in [0.15, 0.2) is 18.2 Å². The summed E-state index contributed by atoms with van der Waals surface area (Å²) in [5, 5.41) is 17.0. The number of alkyl halides is 1. The number of anilines is 1. The number of benzene rings is 1. The molecule has 30 heavy (non-hydrogen) atoms. The second-order valence-corrected chi connectivity index (χ2v) is 7.05. The monoisotopic (exact) mass is 416 g/mol. The maximum Gasteiger partial charge on any atom is 0.322 e. The van der Waals surface area contributed by atoms with Crippen LogP contribution < -0.4 is 5.32 Å². The number of hydrogen-bond acceptors (Lipinski definition) is 5. The summed E-state index contributed by atoms with van der Waals surface area (Å²) < 4.78 is 28.1. The van der Waals surface area contributed by atoms with Crippen molar-refractivity contribution in [3.05, 3.63) is 46.5 Å². The van der Waals surface area contributed by atoms with Crippen LogP contribution in [-0.2, 0) is 24.3 Å². The molecule has 1 atom stereocenters. The van der Waals surface area contributed by atoms with Gasteiger partial charge in [0.15, 0.2) is 0 Å². The van der Waals surface area contributed by atoms with Gasteiger partial charge in [-0.05, 0) is 18.2 Å². The molecule has 3 heterocycles. The SMILES string of the molecule is CN1O[C@H](CF)Cn2nc3c(c2C1=O)CN(C(=O)Nc1ccc(F)c(C#N)c1)CC3. The number of carbonyl (C=O) groups excluding carboxylic acids is 2. The van der Waals surface area contributed by atoms with Crippen LogP contribution in [0.5, 0.6) is 0 Å². The molecule has 2 aromatic rings. The van der Waals surface area contributed by atoms with Gasteiger partial charge in [0.2, 0.25) is 0 Å². The number of fused-ring (bicyclic) bond motifs is 3. The number of carbonyl (C=O) groups is 2. The number of hydroxylamine groups is 2. The van der Waals surface area contributed by atoms with Crippen molar-refractivity contribution < 1.29 is 23.2 Å². The third kappa shape index (κ3) is 3.46. The van der Waals surface area contributed by atoms with Crippen LogP contribution in [0.4, 0.5) is 19.3 Å². The second-order valence-electron chi connectivity index (χ2n) is 7.05. The second kappa shape index (κ2) is 7.72. The van der Waals surface area contributed by atoms with Crippen LogP contribution >= 0.6 is 0 Å². The fraction of sp³-hybridized carbons (Fsp3) is 0.368. The average molecular weight is 416 g/mol. The van der Waals surface area contributed by atoms with Crippen molar-refractivity contribution >= 4 is 17.6 Å². The van der Waals surface area contributed by atoms with E-state index in [0.29, 0.717) is 24.2 Å². The molecule has 0 radical (unpaired) electrons. The van der Waals surface area contributed by atoms with Crippen LogP contribution in [0.3, 0.4) is 0 Å². The van der Waals surface area contributed by atoms with E-state index in [1.807, 2.05) is 0 Å². The maximum absolute atomic E-state index is 13.5. The van der Waals surface area contributed by atoms with Gasteiger partial charge < -0.3 is 10.2 Å². The molecule has 0 aliphatic carbocycles. The van der Waals surface area contributed by atoms with Gasteiger partial charge in [0.25, 0.3) is 5.91 Å². The third-order valence-electron chi connectivity index (χ3n) is 5.07. The number of amides is 3. The van der Waals surface area contributed by atoms with Gasteiger partial charge in [-0.2, -0.15) is 10.4 Å². The molecule has 156 valence electrons. The predicted octanol–water partition coefficient (Wildman–Crippen LogP) is 1.84. The molecule has 0 bridgehead atoms. The Morgan fingerprint density at radius 3 is 3.00 bits per heavy atom. The van der Waals surface area contributed by atoms with E-state index in [0.717, 1.165) is 11.1 Å². The summed E-state index contributed by atoms with van der Waals surface area (Å²) >= 11 is 0. The minimum atomic E-state index is -0.825. The molecule has 4 rings (SSSR count). The molecule has 0 spiro atoms. The number of nitrogens with zero attached hydrogens (tertiary/aromatic N) is 5. The summed E-state index contributed by atoms with van der Waals surface area (Å²) in [5.74, 6) is -1.13. The lowest BCUT2D eigenvalue weighted by molar-refractivity contribution is -0.152. The highest BCUT2D eigenvalue weighted by molar-refractivity contribution is 5.94. The molecular weight excluding hydrogens is 398 g/mol. The Hall–Kier alpha value is -3.52. The molecule has 0 saturated heterocycles. The average Bonchev–Trinajstić information content (AvgIpc) is 3.04. The molecule has 1 N–H and O–H groups in total. The first-order valence-corrected chi connectivity index (χ1v) is 9.26. The highest BCUT2D eigenvalue weighted by Crippen LogP contribution is 2.26. The summed E-state index contributed by atoms with van der Waals surface area (Å²) in [4.78, 5) is 32.2. The highest BCUT2D eigenvalue weighted by atomic mass is 19.1. The van der Waals surface area contributed by atoms with Crippen molar-refractivity contribution in [2.24, 2.45) is 0 Å². The van der Waals surface area contributed by atoms with Crippen LogP contribution in [-0.4, -0.2) is 58.1 Å². The molecule has 9 nitrogen and oxygen atoms in total. The summed E-state index contributed by atoms with van der Waals surface area (Å²) in [7, 11) is 1.41. The van der Waals surface area contributed by atoms with Gasteiger partial charge in [0.05, 0.1) is 24.3 Å². The molecule has 0 saturated carbocycles. The van der Waals surface area contributed by atoms with Crippen LogP contribution in [0.25, 0.3) is 0 Å². The van der Waals surface area contributed by atoms with Gasteiger partial charge in [0, 0.05) is 31.3 Å². The number of rotatable bonds is 2. The largest absolute Gasteiger partial charge is 0.322 e. The van der Waals surface area contributed by atoms with Crippen molar-refractivity contribution in [1.82, 2.24) is 19.7 Å². The first kappa shape index (κ1) is 19.8. The molecule has 0 unspecified atom stereocenters. The number of hydrogen-bond donors (Lipinski definition) is 1. The quantitative estimate of drug-likeness (QED) is 0.805. The van der Waals surface area contributed by atoms with Crippen molar-refractivity contribution in [3.63, 3.8) is 0 Å². The molecule has 2 aliphatic heterocycles. The van der Waals surface area contributed by atoms with E-state index < -0.39 is 30.5 Å². The topological polar surface area (TPSA) is 103 Å². The summed E-state index contributed by atoms with van der Waals surface area (Å²) in [5.41, 5.74) is 1.66. The van der Waals surface area contributed by atoms with Gasteiger partial charge in [-0.25, -0.2) is 18.6 Å². The van der Waals surface area contributed by atoms with Crippen molar-refractivity contribution in [2.45, 2.75) is 25.6 Å². The van der Waals surface area contributed by atoms with Crippen molar-refractivity contribution in [3.8, 4) is 6.07 Å². The van der Waals surface area contributed by atoms with Crippen LogP contribution in [0.2, 0.25) is 0 Å². The first-order valence-electron chi connectivity index (χ1n) is 9.26. The van der Waals surface area contributed by atoms with Gasteiger partial charge >= 0.3 is 6.03 Å². The summed E-state index contributed by atoms with van der Waals surface area (Å²) in [6.45, 7) is -0.191. The number of nitrogens with one attached hydrogen (secondary N) is 1. The molecule has 11 heteroatoms. The Balaban J connectivity index is 1.57. The molecule has 1 aromatic carbocycles. The Morgan fingerprint density at radius 2 is 2.27 bits per heavy atom. The highest BCUT2D eigenvalue weighted by Gasteiger charge is 2.35. The number of aromatic nitrogens is 2. The van der Waals surface area contributed by atoms with E-state index in [9.17, 15) is 18.4 Å². The van der Waals surface area contributed by atoms with Crippen LogP contribution in [0.1, 0.15) is 27.3 Å². The summed E-state index contributed by atoms with van der Waals surface area (Å²) in [6, 6.07) is 4.99. The maximum atomic E-state index is 13.5. The molecule has 2 aliphatic rings. The fourth-order valence-corrected chi connectivity index (χ4v) is 3.59. The molecule has 0 fully saturated rings. The minimum Gasteiger partial charge on any atom is -0.320 e. The van der Waals surface area contributed by atoms with Gasteiger partial charge in [-0.1, -0.05) is 0 Å². The number of nitriles is 1. The zero-order valence-corrected chi connectivity index (χ0v) is 16.1. The normalized spacial score (nSPS) is 18.3. The van der Waals surface area contributed by atoms with E-state index >= 15 is 0 Å². The van der Waals surface area contributed by atoms with E-state index in [2.05, 4.69) is 10.4 Å². The lowest BCUT2D eigenvalue weighted by Crippen LogP contribution is -2.39. The predicted molar refractivity (Wildman–Crippen MR) is 99.4 cm³/mol. The van der Waals surface area contributed by atoms with E-state index in [1.165, 1.54) is 28.8 Å². The van der Waals surface area contributed by atoms with Gasteiger partial charge in [0.1, 0.15) is 30.4 Å². The standard InChI is InChI=1S/C19H18F2N6O3/c1-25-18(28)17-14-10-26(5-4-16(14)24-27(17)9-13(7-20)30-25)19(29)23-12-2-3-15(21)11(6-12)8-22/h2-3,6,13H,4-5,7,9-10H2,1H3,(H,23,29)/t13-/m1/s1. The minimum absolute atomic E-state index is 0.0909. The molecule has 1 aromatic heterocycles. The number of halogens is 2. The summed E-state index contributed by atoms with van der Waals surface area (Å²) in [6.07, 6.45) is -0.401. The smallest absolute Gasteiger partial charge is 0.320 e. The Kier molecular flexibility index (Phi) is 5.09. The van der Waals surface area contributed by atoms with Crippen molar-refractivity contribution in [2.75, 3.05) is 25.6 Å². The lowest BCUT2D eigenvalue weighted by atomic mass is 10.1. The Morgan fingerprint density at radius 1 is 1.47 bits per heavy atom. The van der Waals surface area contributed by atoms with E-state index in [4.69, 9.17) is 10.1 Å². The third-order valence-corrected chi connectivity index (χ3v) is 5.07. The van der Waals surface area contributed by atoms with E-state index in [1.54, 1.807) is 6.07 Å². The van der Waals surface area contributed by atoms with Gasteiger partial charge in [-0.15, -0.1) is 0 Å². The zero-order chi connectivity index (χ0) is 21.4. The Bertz CT molecular complexity index is 1060. The molecular formula is C19H18F2N6O3.